The third kappa shape index (κ3) is 5.92. The van der Waals surface area contributed by atoms with Gasteiger partial charge in [-0.05, 0) is 82.0 Å². The number of thiocarbonyl (C=S) groups is 1. The van der Waals surface area contributed by atoms with Crippen LogP contribution in [0.2, 0.25) is 0 Å². The van der Waals surface area contributed by atoms with Crippen LogP contribution in [0.1, 0.15) is 12.5 Å². The number of nitrogens with one attached hydrogen (secondary N) is 2. The first-order valence-corrected chi connectivity index (χ1v) is 8.44. The summed E-state index contributed by atoms with van der Waals surface area (Å²) in [6.45, 7) is 6.89. The number of halogens is 2. The molecule has 7 heteroatoms. The summed E-state index contributed by atoms with van der Waals surface area (Å²) in [6, 6.07) is 4.01. The molecule has 2 N–H and O–H groups in total. The Balaban J connectivity index is 2.75. The summed E-state index contributed by atoms with van der Waals surface area (Å²) >= 11 is 9.51. The molecule has 0 heterocycles. The predicted octanol–water partition coefficient (Wildman–Crippen LogP) is 3.28. The molecule has 0 radical (unpaired) electrons. The van der Waals surface area contributed by atoms with E-state index >= 15 is 0 Å². The van der Waals surface area contributed by atoms with Gasteiger partial charge in [0.25, 0.3) is 0 Å². The van der Waals surface area contributed by atoms with Crippen LogP contribution in [0.3, 0.4) is 0 Å². The first-order valence-electron chi connectivity index (χ1n) is 5.88. The van der Waals surface area contributed by atoms with Gasteiger partial charge in [0, 0.05) is 6.54 Å². The van der Waals surface area contributed by atoms with Gasteiger partial charge >= 0.3 is 0 Å². The van der Waals surface area contributed by atoms with E-state index in [-0.39, 0.29) is 0 Å². The molecule has 0 atom stereocenters. The van der Waals surface area contributed by atoms with Crippen LogP contribution in [0.15, 0.2) is 29.9 Å². The summed E-state index contributed by atoms with van der Waals surface area (Å²) in [4.78, 5) is 0. The lowest BCUT2D eigenvalue weighted by molar-refractivity contribution is 0.358. The second-order valence-electron chi connectivity index (χ2n) is 3.64. The van der Waals surface area contributed by atoms with E-state index in [0.717, 1.165) is 25.0 Å². The number of hydrazone groups is 1. The van der Waals surface area contributed by atoms with Crippen LogP contribution in [0, 0.1) is 7.14 Å². The molecule has 4 nitrogen and oxygen atoms in total. The zero-order valence-electron chi connectivity index (χ0n) is 11.0. The van der Waals surface area contributed by atoms with Gasteiger partial charge in [-0.2, -0.15) is 5.10 Å². The van der Waals surface area contributed by atoms with Crippen molar-refractivity contribution >= 4 is 68.7 Å². The Morgan fingerprint density at radius 3 is 2.65 bits per heavy atom. The summed E-state index contributed by atoms with van der Waals surface area (Å²) < 4.78 is 7.69. The van der Waals surface area contributed by atoms with E-state index in [4.69, 9.17) is 17.0 Å². The lowest BCUT2D eigenvalue weighted by atomic mass is 10.2. The van der Waals surface area contributed by atoms with Gasteiger partial charge in [-0.1, -0.05) is 12.7 Å². The van der Waals surface area contributed by atoms with Gasteiger partial charge < -0.3 is 10.1 Å². The summed E-state index contributed by atoms with van der Waals surface area (Å²) in [6.07, 6.45) is 3.46. The highest BCUT2D eigenvalue weighted by Crippen LogP contribution is 2.28. The average molecular weight is 515 g/mol. The van der Waals surface area contributed by atoms with Gasteiger partial charge in [0.2, 0.25) is 0 Å². The summed E-state index contributed by atoms with van der Waals surface area (Å²) in [7, 11) is 0. The Hall–Kier alpha value is -0.420. The highest BCUT2D eigenvalue weighted by Gasteiger charge is 2.07. The van der Waals surface area contributed by atoms with E-state index in [2.05, 4.69) is 67.6 Å². The fraction of sp³-hybridized carbons (Fsp3) is 0.231. The molecule has 0 aliphatic carbocycles. The molecule has 108 valence electrons. The molecular formula is C13H15I2N3OS. The average Bonchev–Trinajstić information content (AvgIpc) is 2.38. The fourth-order valence-electron chi connectivity index (χ4n) is 1.30. The molecule has 0 aliphatic heterocycles. The van der Waals surface area contributed by atoms with Gasteiger partial charge in [0.05, 0.1) is 13.4 Å². The third-order valence-corrected chi connectivity index (χ3v) is 3.92. The summed E-state index contributed by atoms with van der Waals surface area (Å²) in [5.41, 5.74) is 3.74. The van der Waals surface area contributed by atoms with Crippen LogP contribution >= 0.6 is 57.4 Å². The minimum Gasteiger partial charge on any atom is -0.487 e. The third-order valence-electron chi connectivity index (χ3n) is 2.08. The molecule has 0 saturated carbocycles. The monoisotopic (exact) mass is 515 g/mol. The summed E-state index contributed by atoms with van der Waals surface area (Å²) in [5, 5.41) is 7.57. The zero-order valence-corrected chi connectivity index (χ0v) is 16.1. The quantitative estimate of drug-likeness (QED) is 0.201. The lowest BCUT2D eigenvalue weighted by Gasteiger charge is -2.09. The van der Waals surface area contributed by atoms with Crippen LogP contribution < -0.4 is 15.5 Å². The number of rotatable bonds is 6. The molecule has 1 rings (SSSR count). The van der Waals surface area contributed by atoms with Crippen molar-refractivity contribution < 1.29 is 4.74 Å². The predicted molar refractivity (Wildman–Crippen MR) is 105 cm³/mol. The van der Waals surface area contributed by atoms with Gasteiger partial charge in [0.1, 0.15) is 12.4 Å². The Kier molecular flexibility index (Phi) is 8.38. The molecule has 0 bridgehead atoms. The normalized spacial score (nSPS) is 10.3. The van der Waals surface area contributed by atoms with E-state index in [1.807, 2.05) is 19.1 Å². The molecule has 0 unspecified atom stereocenters. The standard InChI is InChI=1S/C13H15I2N3OS/c1-3-5-19-12-10(14)6-9(7-11(12)15)8-17-18-13(20)16-4-2/h3,6-8H,1,4-5H2,2H3,(H2,16,18,20)/b17-8-. The molecule has 0 saturated heterocycles. The SMILES string of the molecule is C=CCOc1c(I)cc(/C=N\NC(=S)NCC)cc1I. The molecule has 20 heavy (non-hydrogen) atoms. The van der Waals surface area contributed by atoms with Crippen molar-refractivity contribution in [3.63, 3.8) is 0 Å². The maximum absolute atomic E-state index is 5.62. The molecule has 0 amide bonds. The van der Waals surface area contributed by atoms with E-state index in [9.17, 15) is 0 Å². The van der Waals surface area contributed by atoms with Crippen molar-refractivity contribution in [2.75, 3.05) is 13.2 Å². The van der Waals surface area contributed by atoms with Crippen molar-refractivity contribution in [1.82, 2.24) is 10.7 Å². The minimum atomic E-state index is 0.498. The van der Waals surface area contributed by atoms with Crippen molar-refractivity contribution in [2.45, 2.75) is 6.92 Å². The second kappa shape index (κ2) is 9.50. The maximum Gasteiger partial charge on any atom is 0.186 e. The number of nitrogens with zero attached hydrogens (tertiary/aromatic N) is 1. The first-order chi connectivity index (χ1) is 9.58. The maximum atomic E-state index is 5.62. The van der Waals surface area contributed by atoms with E-state index in [1.165, 1.54) is 0 Å². The van der Waals surface area contributed by atoms with Gasteiger partial charge in [0.15, 0.2) is 5.11 Å². The highest BCUT2D eigenvalue weighted by molar-refractivity contribution is 14.1. The molecule has 1 aromatic rings. The van der Waals surface area contributed by atoms with E-state index in [1.54, 1.807) is 12.3 Å². The molecule has 0 aliphatic rings. The first kappa shape index (κ1) is 17.6. The lowest BCUT2D eigenvalue weighted by Crippen LogP contribution is -2.31. The Bertz CT molecular complexity index is 497. The minimum absolute atomic E-state index is 0.498. The topological polar surface area (TPSA) is 45.6 Å². The molecule has 0 spiro atoms. The fourth-order valence-corrected chi connectivity index (χ4v) is 3.62. The van der Waals surface area contributed by atoms with Gasteiger partial charge in [-0.15, -0.1) is 0 Å². The van der Waals surface area contributed by atoms with Gasteiger partial charge in [-0.25, -0.2) is 0 Å². The Morgan fingerprint density at radius 1 is 1.45 bits per heavy atom. The number of benzene rings is 1. The molecular weight excluding hydrogens is 500 g/mol. The van der Waals surface area contributed by atoms with Crippen LogP contribution in [0.25, 0.3) is 0 Å². The van der Waals surface area contributed by atoms with Crippen molar-refractivity contribution in [1.29, 1.82) is 0 Å². The van der Waals surface area contributed by atoms with Gasteiger partial charge in [-0.3, -0.25) is 5.43 Å². The number of ether oxygens (including phenoxy) is 1. The second-order valence-corrected chi connectivity index (χ2v) is 6.38. The zero-order chi connectivity index (χ0) is 15.0. The van der Waals surface area contributed by atoms with Crippen LogP contribution in [-0.2, 0) is 0 Å². The van der Waals surface area contributed by atoms with Crippen molar-refractivity contribution in [3.8, 4) is 5.75 Å². The molecule has 0 fully saturated rings. The number of hydrogen-bond donors (Lipinski definition) is 2. The van der Waals surface area contributed by atoms with Crippen LogP contribution in [-0.4, -0.2) is 24.5 Å². The molecule has 1 aromatic carbocycles. The Labute approximate surface area is 151 Å². The number of hydrogen-bond acceptors (Lipinski definition) is 3. The van der Waals surface area contributed by atoms with Crippen LogP contribution in [0.4, 0.5) is 0 Å². The summed E-state index contributed by atoms with van der Waals surface area (Å²) in [5.74, 6) is 0.874. The van der Waals surface area contributed by atoms with E-state index < -0.39 is 0 Å². The smallest absolute Gasteiger partial charge is 0.186 e. The van der Waals surface area contributed by atoms with E-state index in [0.29, 0.717) is 11.7 Å². The van der Waals surface area contributed by atoms with Crippen molar-refractivity contribution in [3.05, 3.63) is 37.5 Å². The highest BCUT2D eigenvalue weighted by atomic mass is 127. The largest absolute Gasteiger partial charge is 0.487 e. The molecule has 0 aromatic heterocycles. The Morgan fingerprint density at radius 2 is 2.10 bits per heavy atom. The van der Waals surface area contributed by atoms with Crippen molar-refractivity contribution in [2.24, 2.45) is 5.10 Å². The van der Waals surface area contributed by atoms with Crippen LogP contribution in [0.5, 0.6) is 5.75 Å².